The second-order valence-electron chi connectivity index (χ2n) is 4.34. The maximum absolute atomic E-state index is 12.0. The number of halogens is 2. The van der Waals surface area contributed by atoms with E-state index in [2.05, 4.69) is 16.6 Å². The van der Waals surface area contributed by atoms with Crippen LogP contribution < -0.4 is 10.5 Å². The third kappa shape index (κ3) is 2.92. The minimum Gasteiger partial charge on any atom is -0.435 e. The van der Waals surface area contributed by atoms with Crippen molar-refractivity contribution in [3.63, 3.8) is 0 Å². The highest BCUT2D eigenvalue weighted by Crippen LogP contribution is 2.26. The van der Waals surface area contributed by atoms with Gasteiger partial charge in [-0.1, -0.05) is 12.1 Å². The molecule has 94 valence electrons. The topological polar surface area (TPSA) is 38.5 Å². The summed E-state index contributed by atoms with van der Waals surface area (Å²) < 4.78 is 28.2. The first-order chi connectivity index (χ1) is 8.06. The van der Waals surface area contributed by atoms with Gasteiger partial charge in [-0.3, -0.25) is 4.90 Å². The van der Waals surface area contributed by atoms with Crippen LogP contribution in [-0.4, -0.2) is 30.6 Å². The molecule has 1 aliphatic rings. The smallest absolute Gasteiger partial charge is 0.387 e. The van der Waals surface area contributed by atoms with E-state index in [4.69, 9.17) is 5.73 Å². The number of hydrogen-bond donors (Lipinski definition) is 1. The summed E-state index contributed by atoms with van der Waals surface area (Å²) >= 11 is 0. The molecule has 17 heavy (non-hydrogen) atoms. The molecule has 2 rings (SSSR count). The highest BCUT2D eigenvalue weighted by molar-refractivity contribution is 5.29. The summed E-state index contributed by atoms with van der Waals surface area (Å²) in [6.07, 6.45) is 0. The van der Waals surface area contributed by atoms with Crippen LogP contribution in [0, 0.1) is 0 Å². The predicted molar refractivity (Wildman–Crippen MR) is 61.0 cm³/mol. The molecule has 0 aliphatic carbocycles. The monoisotopic (exact) mass is 242 g/mol. The zero-order valence-electron chi connectivity index (χ0n) is 9.64. The number of nitrogens with zero attached hydrogens (tertiary/aromatic N) is 1. The van der Waals surface area contributed by atoms with Gasteiger partial charge in [0.05, 0.1) is 0 Å². The Balaban J connectivity index is 1.97. The lowest BCUT2D eigenvalue weighted by Crippen LogP contribution is -2.56. The quantitative estimate of drug-likeness (QED) is 0.877. The highest BCUT2D eigenvalue weighted by Gasteiger charge is 2.27. The lowest BCUT2D eigenvalue weighted by Gasteiger charge is -2.41. The molecule has 1 fully saturated rings. The molecule has 1 unspecified atom stereocenters. The highest BCUT2D eigenvalue weighted by atomic mass is 19.3. The number of alkyl halides is 2. The van der Waals surface area contributed by atoms with Crippen LogP contribution in [0.25, 0.3) is 0 Å². The largest absolute Gasteiger partial charge is 0.435 e. The first kappa shape index (κ1) is 12.3. The second kappa shape index (κ2) is 4.98. The standard InChI is InChI=1S/C12H16F2N2O/c1-8(16-6-10(15)7-16)9-2-4-11(5-3-9)17-12(13)14/h2-5,8,10,12H,6-7,15H2,1H3. The molecule has 3 nitrogen and oxygen atoms in total. The summed E-state index contributed by atoms with van der Waals surface area (Å²) in [6.45, 7) is 1.08. The minimum absolute atomic E-state index is 0.191. The van der Waals surface area contributed by atoms with Crippen molar-refractivity contribution < 1.29 is 13.5 Å². The van der Waals surface area contributed by atoms with E-state index in [9.17, 15) is 8.78 Å². The van der Waals surface area contributed by atoms with Crippen LogP contribution >= 0.6 is 0 Å². The van der Waals surface area contributed by atoms with E-state index in [1.165, 1.54) is 0 Å². The summed E-state index contributed by atoms with van der Waals surface area (Å²) in [6, 6.07) is 7.28. The number of ether oxygens (including phenoxy) is 1. The van der Waals surface area contributed by atoms with Gasteiger partial charge in [0.2, 0.25) is 0 Å². The van der Waals surface area contributed by atoms with Gasteiger partial charge in [-0.15, -0.1) is 0 Å². The van der Waals surface area contributed by atoms with Crippen LogP contribution in [-0.2, 0) is 0 Å². The van der Waals surface area contributed by atoms with Gasteiger partial charge in [-0.25, -0.2) is 0 Å². The van der Waals surface area contributed by atoms with Crippen molar-refractivity contribution in [2.75, 3.05) is 13.1 Å². The molecule has 0 amide bonds. The molecule has 1 aromatic rings. The fourth-order valence-electron chi connectivity index (χ4n) is 2.00. The molecule has 1 heterocycles. The van der Waals surface area contributed by atoms with Crippen molar-refractivity contribution >= 4 is 0 Å². The number of benzene rings is 1. The molecule has 1 saturated heterocycles. The molecule has 1 aromatic carbocycles. The number of hydrogen-bond acceptors (Lipinski definition) is 3. The molecule has 0 radical (unpaired) electrons. The third-order valence-electron chi connectivity index (χ3n) is 3.07. The molecule has 1 aliphatic heterocycles. The van der Waals surface area contributed by atoms with Gasteiger partial charge >= 0.3 is 6.61 Å². The van der Waals surface area contributed by atoms with Gasteiger partial charge in [0.15, 0.2) is 0 Å². The zero-order chi connectivity index (χ0) is 12.4. The first-order valence-corrected chi connectivity index (χ1v) is 5.60. The van der Waals surface area contributed by atoms with Crippen molar-refractivity contribution in [1.29, 1.82) is 0 Å². The summed E-state index contributed by atoms with van der Waals surface area (Å²) in [4.78, 5) is 2.24. The van der Waals surface area contributed by atoms with Gasteiger partial charge in [0.1, 0.15) is 5.75 Å². The summed E-state index contributed by atoms with van der Waals surface area (Å²) in [5, 5.41) is 0. The van der Waals surface area contributed by atoms with Crippen molar-refractivity contribution in [3.8, 4) is 5.75 Å². The molecule has 0 saturated carbocycles. The van der Waals surface area contributed by atoms with Gasteiger partial charge in [-0.2, -0.15) is 8.78 Å². The molecule has 0 aromatic heterocycles. The van der Waals surface area contributed by atoms with E-state index in [0.29, 0.717) is 0 Å². The van der Waals surface area contributed by atoms with E-state index in [1.54, 1.807) is 12.1 Å². The Morgan fingerprint density at radius 1 is 1.29 bits per heavy atom. The fraction of sp³-hybridized carbons (Fsp3) is 0.500. The molecule has 1 atom stereocenters. The van der Waals surface area contributed by atoms with Crippen LogP contribution in [0.1, 0.15) is 18.5 Å². The lowest BCUT2D eigenvalue weighted by atomic mass is 10.0. The van der Waals surface area contributed by atoms with Crippen molar-refractivity contribution in [2.24, 2.45) is 5.73 Å². The maximum atomic E-state index is 12.0. The van der Waals surface area contributed by atoms with E-state index < -0.39 is 6.61 Å². The summed E-state index contributed by atoms with van der Waals surface area (Å²) in [5.41, 5.74) is 6.80. The van der Waals surface area contributed by atoms with Crippen molar-refractivity contribution in [3.05, 3.63) is 29.8 Å². The number of nitrogens with two attached hydrogens (primary N) is 1. The predicted octanol–water partition coefficient (Wildman–Crippen LogP) is 1.99. The molecule has 0 bridgehead atoms. The second-order valence-corrected chi connectivity index (χ2v) is 4.34. The molecular weight excluding hydrogens is 226 g/mol. The van der Waals surface area contributed by atoms with Crippen LogP contribution in [0.3, 0.4) is 0 Å². The Labute approximate surface area is 99.2 Å². The molecule has 0 spiro atoms. The van der Waals surface area contributed by atoms with Crippen LogP contribution in [0.2, 0.25) is 0 Å². The van der Waals surface area contributed by atoms with E-state index in [1.807, 2.05) is 12.1 Å². The normalized spacial score (nSPS) is 19.1. The lowest BCUT2D eigenvalue weighted by molar-refractivity contribution is -0.0498. The number of likely N-dealkylation sites (tertiary alicyclic amines) is 1. The zero-order valence-corrected chi connectivity index (χ0v) is 9.64. The summed E-state index contributed by atoms with van der Waals surface area (Å²) in [5.74, 6) is 0.191. The van der Waals surface area contributed by atoms with Gasteiger partial charge in [0, 0.05) is 25.2 Å². The van der Waals surface area contributed by atoms with Crippen molar-refractivity contribution in [2.45, 2.75) is 25.6 Å². The Morgan fingerprint density at radius 2 is 1.88 bits per heavy atom. The van der Waals surface area contributed by atoms with E-state index >= 15 is 0 Å². The van der Waals surface area contributed by atoms with Gasteiger partial charge in [0.25, 0.3) is 0 Å². The van der Waals surface area contributed by atoms with E-state index in [-0.39, 0.29) is 17.8 Å². The van der Waals surface area contributed by atoms with Crippen LogP contribution in [0.5, 0.6) is 5.75 Å². The molecular formula is C12H16F2N2O. The van der Waals surface area contributed by atoms with E-state index in [0.717, 1.165) is 18.7 Å². The van der Waals surface area contributed by atoms with Gasteiger partial charge < -0.3 is 10.5 Å². The summed E-state index contributed by atoms with van der Waals surface area (Å²) in [7, 11) is 0. The average molecular weight is 242 g/mol. The molecule has 5 heteroatoms. The van der Waals surface area contributed by atoms with Crippen LogP contribution in [0.4, 0.5) is 8.78 Å². The third-order valence-corrected chi connectivity index (χ3v) is 3.07. The van der Waals surface area contributed by atoms with Crippen molar-refractivity contribution in [1.82, 2.24) is 4.90 Å². The SMILES string of the molecule is CC(c1ccc(OC(F)F)cc1)N1CC(N)C1. The Morgan fingerprint density at radius 3 is 2.35 bits per heavy atom. The number of rotatable bonds is 4. The minimum atomic E-state index is -2.77. The molecule has 2 N–H and O–H groups in total. The maximum Gasteiger partial charge on any atom is 0.387 e. The van der Waals surface area contributed by atoms with Crippen LogP contribution in [0.15, 0.2) is 24.3 Å². The first-order valence-electron chi connectivity index (χ1n) is 5.60. The Bertz CT molecular complexity index is 363. The van der Waals surface area contributed by atoms with Gasteiger partial charge in [-0.05, 0) is 24.6 Å². The Kier molecular flexibility index (Phi) is 3.59. The fourth-order valence-corrected chi connectivity index (χ4v) is 2.00. The Hall–Kier alpha value is -1.20. The average Bonchev–Trinajstić information content (AvgIpc) is 2.24.